The molecule has 0 amide bonds. The second-order valence-electron chi connectivity index (χ2n) is 6.35. The minimum absolute atomic E-state index is 0.0931. The summed E-state index contributed by atoms with van der Waals surface area (Å²) in [6, 6.07) is 11.5. The molecule has 0 atom stereocenters. The van der Waals surface area contributed by atoms with Crippen LogP contribution in [0.25, 0.3) is 0 Å². The highest BCUT2D eigenvalue weighted by Crippen LogP contribution is 2.37. The van der Waals surface area contributed by atoms with E-state index in [1.165, 1.54) is 25.0 Å². The van der Waals surface area contributed by atoms with Crippen LogP contribution in [0.4, 0.5) is 0 Å². The number of hydrogen-bond donors (Lipinski definition) is 0. The van der Waals surface area contributed by atoms with Gasteiger partial charge in [-0.2, -0.15) is 8.42 Å². The van der Waals surface area contributed by atoms with Crippen LogP contribution < -0.4 is 4.18 Å². The maximum absolute atomic E-state index is 12.9. The highest BCUT2D eigenvalue weighted by atomic mass is 35.5. The maximum Gasteiger partial charge on any atom is 0.306 e. The van der Waals surface area contributed by atoms with Crippen molar-refractivity contribution >= 4 is 27.5 Å². The van der Waals surface area contributed by atoms with Crippen LogP contribution in [0.2, 0.25) is 5.02 Å². The summed E-state index contributed by atoms with van der Waals surface area (Å²) in [6.45, 7) is 0. The van der Waals surface area contributed by atoms with Gasteiger partial charge < -0.3 is 4.18 Å². The average molecular weight is 379 g/mol. The lowest BCUT2D eigenvalue weighted by atomic mass is 9.89. The molecule has 1 aliphatic carbocycles. The Hall–Kier alpha value is -1.85. The third-order valence-corrected chi connectivity index (χ3v) is 5.15. The zero-order valence-corrected chi connectivity index (χ0v) is 15.4. The molecular weight excluding hydrogens is 360 g/mol. The van der Waals surface area contributed by atoms with E-state index in [2.05, 4.69) is 0 Å². The summed E-state index contributed by atoms with van der Waals surface area (Å²) >= 11 is 6.14. The van der Waals surface area contributed by atoms with Gasteiger partial charge in [-0.25, -0.2) is 0 Å². The van der Waals surface area contributed by atoms with Gasteiger partial charge in [0.25, 0.3) is 0 Å². The van der Waals surface area contributed by atoms with Gasteiger partial charge in [-0.3, -0.25) is 4.79 Å². The molecule has 0 radical (unpaired) electrons. The van der Waals surface area contributed by atoms with Crippen LogP contribution in [0.15, 0.2) is 42.5 Å². The monoisotopic (exact) mass is 378 g/mol. The van der Waals surface area contributed by atoms with E-state index >= 15 is 0 Å². The molecule has 4 nitrogen and oxygen atoms in total. The number of carbonyl (C=O) groups excluding carboxylic acids is 1. The molecule has 0 aliphatic heterocycles. The van der Waals surface area contributed by atoms with E-state index in [1.54, 1.807) is 24.3 Å². The quantitative estimate of drug-likeness (QED) is 0.565. The van der Waals surface area contributed by atoms with Crippen molar-refractivity contribution in [1.29, 1.82) is 0 Å². The van der Waals surface area contributed by atoms with Gasteiger partial charge in [0.15, 0.2) is 5.78 Å². The lowest BCUT2D eigenvalue weighted by Gasteiger charge is -2.15. The summed E-state index contributed by atoms with van der Waals surface area (Å²) in [5.74, 6) is 0.459. The summed E-state index contributed by atoms with van der Waals surface area (Å²) in [4.78, 5) is 12.9. The van der Waals surface area contributed by atoms with Crippen LogP contribution in [0.1, 0.15) is 53.1 Å². The van der Waals surface area contributed by atoms with Crippen molar-refractivity contribution in [3.8, 4) is 5.75 Å². The third-order valence-electron chi connectivity index (χ3n) is 4.42. The van der Waals surface area contributed by atoms with Crippen molar-refractivity contribution in [2.45, 2.75) is 31.6 Å². The van der Waals surface area contributed by atoms with Gasteiger partial charge in [-0.1, -0.05) is 24.4 Å². The topological polar surface area (TPSA) is 60.4 Å². The van der Waals surface area contributed by atoms with E-state index in [4.69, 9.17) is 15.8 Å². The lowest BCUT2D eigenvalue weighted by Crippen LogP contribution is -2.09. The molecule has 0 bridgehead atoms. The summed E-state index contributed by atoms with van der Waals surface area (Å²) in [5.41, 5.74) is 2.15. The van der Waals surface area contributed by atoms with Crippen LogP contribution in [0, 0.1) is 0 Å². The smallest absolute Gasteiger partial charge is 0.306 e. The van der Waals surface area contributed by atoms with Crippen molar-refractivity contribution in [3.05, 3.63) is 64.2 Å². The second kappa shape index (κ2) is 7.18. The molecule has 1 aliphatic rings. The van der Waals surface area contributed by atoms with E-state index in [1.807, 2.05) is 6.07 Å². The number of rotatable bonds is 5. The largest absolute Gasteiger partial charge is 0.383 e. The Morgan fingerprint density at radius 2 is 1.72 bits per heavy atom. The number of hydrogen-bond acceptors (Lipinski definition) is 4. The van der Waals surface area contributed by atoms with Crippen molar-refractivity contribution < 1.29 is 17.4 Å². The fraction of sp³-hybridized carbons (Fsp3) is 0.316. The standard InChI is InChI=1S/C19H19ClO4S/c1-25(22,23)24-16-9-6-14(7-10-16)19(21)17-11-8-15(20)12-18(17)13-4-2-3-5-13/h6-13H,2-5H2,1H3. The molecule has 0 N–H and O–H groups in total. The van der Waals surface area contributed by atoms with Crippen molar-refractivity contribution in [1.82, 2.24) is 0 Å². The minimum Gasteiger partial charge on any atom is -0.383 e. The van der Waals surface area contributed by atoms with Crippen molar-refractivity contribution in [3.63, 3.8) is 0 Å². The van der Waals surface area contributed by atoms with E-state index in [-0.39, 0.29) is 11.5 Å². The molecule has 0 saturated heterocycles. The van der Waals surface area contributed by atoms with Crippen LogP contribution >= 0.6 is 11.6 Å². The highest BCUT2D eigenvalue weighted by Gasteiger charge is 2.23. The molecule has 0 unspecified atom stereocenters. The second-order valence-corrected chi connectivity index (χ2v) is 8.37. The lowest BCUT2D eigenvalue weighted by molar-refractivity contribution is 0.103. The van der Waals surface area contributed by atoms with Gasteiger partial charge in [-0.15, -0.1) is 0 Å². The van der Waals surface area contributed by atoms with Gasteiger partial charge in [0, 0.05) is 16.1 Å². The SMILES string of the molecule is CS(=O)(=O)Oc1ccc(C(=O)c2ccc(Cl)cc2C2CCCC2)cc1. The Kier molecular flexibility index (Phi) is 5.16. The molecule has 0 aromatic heterocycles. The minimum atomic E-state index is -3.58. The average Bonchev–Trinajstić information content (AvgIpc) is 3.08. The Bertz CT molecular complexity index is 882. The number of carbonyl (C=O) groups is 1. The molecule has 25 heavy (non-hydrogen) atoms. The first kappa shape index (κ1) is 18.0. The maximum atomic E-state index is 12.9. The highest BCUT2D eigenvalue weighted by molar-refractivity contribution is 7.86. The Morgan fingerprint density at radius 3 is 2.32 bits per heavy atom. The van der Waals surface area contributed by atoms with Crippen LogP contribution in [0.3, 0.4) is 0 Å². The van der Waals surface area contributed by atoms with Gasteiger partial charge in [0.2, 0.25) is 0 Å². The molecule has 132 valence electrons. The fourth-order valence-corrected chi connectivity index (χ4v) is 3.95. The van der Waals surface area contributed by atoms with Crippen LogP contribution in [0.5, 0.6) is 5.75 Å². The summed E-state index contributed by atoms with van der Waals surface area (Å²) in [6.07, 6.45) is 5.46. The number of ketones is 1. The molecule has 0 spiro atoms. The third kappa shape index (κ3) is 4.41. The Balaban J connectivity index is 1.90. The van der Waals surface area contributed by atoms with Crippen molar-refractivity contribution in [2.75, 3.05) is 6.26 Å². The van der Waals surface area contributed by atoms with E-state index in [0.29, 0.717) is 22.1 Å². The van der Waals surface area contributed by atoms with E-state index in [0.717, 1.165) is 24.7 Å². The molecule has 2 aromatic rings. The van der Waals surface area contributed by atoms with Crippen molar-refractivity contribution in [2.24, 2.45) is 0 Å². The molecule has 6 heteroatoms. The number of benzene rings is 2. The number of halogens is 1. The van der Waals surface area contributed by atoms with Crippen LogP contribution in [-0.2, 0) is 10.1 Å². The first-order chi connectivity index (χ1) is 11.8. The predicted octanol–water partition coefficient (Wildman–Crippen LogP) is 4.57. The Morgan fingerprint density at radius 1 is 1.08 bits per heavy atom. The van der Waals surface area contributed by atoms with Gasteiger partial charge in [0.05, 0.1) is 6.26 Å². The molecule has 1 fully saturated rings. The summed E-state index contributed by atoms with van der Waals surface area (Å²) in [7, 11) is -3.58. The van der Waals surface area contributed by atoms with Gasteiger partial charge >= 0.3 is 10.1 Å². The molecular formula is C19H19ClO4S. The zero-order chi connectivity index (χ0) is 18.0. The summed E-state index contributed by atoms with van der Waals surface area (Å²) < 4.78 is 27.1. The first-order valence-corrected chi connectivity index (χ1v) is 10.4. The molecule has 1 saturated carbocycles. The predicted molar refractivity (Wildman–Crippen MR) is 98.0 cm³/mol. The van der Waals surface area contributed by atoms with Gasteiger partial charge in [-0.05, 0) is 66.8 Å². The zero-order valence-electron chi connectivity index (χ0n) is 13.9. The molecule has 3 rings (SSSR count). The molecule has 2 aromatic carbocycles. The van der Waals surface area contributed by atoms with E-state index < -0.39 is 10.1 Å². The normalized spacial score (nSPS) is 15.3. The van der Waals surface area contributed by atoms with E-state index in [9.17, 15) is 13.2 Å². The summed E-state index contributed by atoms with van der Waals surface area (Å²) in [5, 5.41) is 0.635. The molecule has 0 heterocycles. The fourth-order valence-electron chi connectivity index (χ4n) is 3.31. The van der Waals surface area contributed by atoms with Gasteiger partial charge in [0.1, 0.15) is 5.75 Å². The Labute approximate surface area is 152 Å². The van der Waals surface area contributed by atoms with Crippen LogP contribution in [-0.4, -0.2) is 20.5 Å². The first-order valence-electron chi connectivity index (χ1n) is 8.17.